The van der Waals surface area contributed by atoms with Crippen LogP contribution in [-0.4, -0.2) is 42.7 Å². The topological polar surface area (TPSA) is 84.8 Å². The van der Waals surface area contributed by atoms with Gasteiger partial charge in [-0.15, -0.1) is 0 Å². The Labute approximate surface area is 339 Å². The van der Waals surface area contributed by atoms with Crippen LogP contribution in [0.1, 0.15) is 34.7 Å². The highest BCUT2D eigenvalue weighted by Gasteiger charge is 2.57. The van der Waals surface area contributed by atoms with E-state index in [1.807, 2.05) is 140 Å². The van der Waals surface area contributed by atoms with Gasteiger partial charge in [-0.2, -0.15) is 0 Å². The van der Waals surface area contributed by atoms with E-state index in [-0.39, 0.29) is 26.4 Å². The number of benzene rings is 6. The van der Waals surface area contributed by atoms with E-state index in [1.165, 1.54) is 0 Å². The van der Waals surface area contributed by atoms with Gasteiger partial charge in [-0.3, -0.25) is 0 Å². The van der Waals surface area contributed by atoms with E-state index in [0.717, 1.165) is 28.0 Å². The largest absolute Gasteiger partial charge is 0.494 e. The van der Waals surface area contributed by atoms with Gasteiger partial charge in [0.05, 0.1) is 44.7 Å². The molecule has 57 heavy (non-hydrogen) atoms. The summed E-state index contributed by atoms with van der Waals surface area (Å²) in [5.41, 5.74) is 4.19. The van der Waals surface area contributed by atoms with Gasteiger partial charge in [0, 0.05) is 5.56 Å². The molecular formula is C48H47ClO8. The van der Waals surface area contributed by atoms with E-state index in [2.05, 4.69) is 0 Å². The SMILES string of the molecule is CCOc1ccc(Oc2cc(C3(O)O[C@H](COCc4ccccc4)[C@@H](OCc4ccccc4)[C@H](OCc4ccccc4)[C@H]3OCc3ccccc3)ccc2Cl)cc1. The zero-order valence-electron chi connectivity index (χ0n) is 31.8. The summed E-state index contributed by atoms with van der Waals surface area (Å²) in [7, 11) is 0. The lowest BCUT2D eigenvalue weighted by Crippen LogP contribution is -2.65. The van der Waals surface area contributed by atoms with Crippen molar-refractivity contribution in [3.05, 3.63) is 197 Å². The normalized spacial score (nSPS) is 20.5. The van der Waals surface area contributed by atoms with Crippen molar-refractivity contribution in [2.45, 2.75) is 63.6 Å². The van der Waals surface area contributed by atoms with Crippen LogP contribution in [-0.2, 0) is 55.9 Å². The summed E-state index contributed by atoms with van der Waals surface area (Å²) in [6.45, 7) is 3.53. The second-order valence-corrected chi connectivity index (χ2v) is 14.2. The summed E-state index contributed by atoms with van der Waals surface area (Å²) in [6.07, 6.45) is -3.51. The molecule has 0 saturated carbocycles. The van der Waals surface area contributed by atoms with Crippen molar-refractivity contribution in [1.82, 2.24) is 0 Å². The molecule has 9 heteroatoms. The quantitative estimate of drug-likeness (QED) is 0.0922. The number of hydrogen-bond donors (Lipinski definition) is 1. The molecule has 294 valence electrons. The first-order valence-corrected chi connectivity index (χ1v) is 19.6. The molecule has 1 aliphatic rings. The first-order chi connectivity index (χ1) is 28.0. The van der Waals surface area contributed by atoms with Gasteiger partial charge in [-0.1, -0.05) is 139 Å². The number of rotatable bonds is 18. The molecule has 1 unspecified atom stereocenters. The minimum atomic E-state index is -2.09. The van der Waals surface area contributed by atoms with Crippen molar-refractivity contribution >= 4 is 11.6 Å². The Morgan fingerprint density at radius 3 is 1.61 bits per heavy atom. The summed E-state index contributed by atoms with van der Waals surface area (Å²) in [5.74, 6) is -0.515. The van der Waals surface area contributed by atoms with Gasteiger partial charge in [0.1, 0.15) is 41.7 Å². The third-order valence-electron chi connectivity index (χ3n) is 9.65. The molecule has 5 atom stereocenters. The molecule has 1 N–H and O–H groups in total. The Hall–Kier alpha value is -5.03. The van der Waals surface area contributed by atoms with Crippen molar-refractivity contribution in [3.8, 4) is 17.2 Å². The van der Waals surface area contributed by atoms with Crippen LogP contribution in [0.2, 0.25) is 5.02 Å². The molecule has 0 bridgehead atoms. The standard InChI is InChI=1S/C48H47ClO8/c1-2-52-40-24-26-41(27-25-40)56-43-29-39(23-28-42(43)49)48(50)47(55-33-38-21-13-6-14-22-38)46(54-32-37-19-11-5-12-20-37)45(53-31-36-17-9-4-10-18-36)44(57-48)34-51-30-35-15-7-3-8-16-35/h3-29,44-47,50H,2,30-34H2,1H3/t44-,45-,46+,47-,48?/m1/s1. The highest BCUT2D eigenvalue weighted by atomic mass is 35.5. The van der Waals surface area contributed by atoms with Gasteiger partial charge < -0.3 is 38.3 Å². The summed E-state index contributed by atoms with van der Waals surface area (Å²) in [4.78, 5) is 0. The fourth-order valence-electron chi connectivity index (χ4n) is 6.79. The Morgan fingerprint density at radius 1 is 0.579 bits per heavy atom. The molecule has 0 amide bonds. The first-order valence-electron chi connectivity index (χ1n) is 19.2. The molecule has 0 aliphatic carbocycles. The Balaban J connectivity index is 1.28. The predicted molar refractivity (Wildman–Crippen MR) is 219 cm³/mol. The molecule has 1 saturated heterocycles. The van der Waals surface area contributed by atoms with E-state index in [0.29, 0.717) is 35.3 Å². The van der Waals surface area contributed by atoms with Crippen LogP contribution in [0.4, 0.5) is 0 Å². The van der Waals surface area contributed by atoms with Crippen molar-refractivity contribution < 1.29 is 38.3 Å². The van der Waals surface area contributed by atoms with Crippen LogP contribution >= 0.6 is 11.6 Å². The van der Waals surface area contributed by atoms with Gasteiger partial charge in [-0.25, -0.2) is 0 Å². The second-order valence-electron chi connectivity index (χ2n) is 13.7. The smallest absolute Gasteiger partial charge is 0.222 e. The van der Waals surface area contributed by atoms with Gasteiger partial charge in [-0.05, 0) is 65.6 Å². The zero-order valence-corrected chi connectivity index (χ0v) is 32.6. The van der Waals surface area contributed by atoms with Crippen LogP contribution in [0.15, 0.2) is 164 Å². The van der Waals surface area contributed by atoms with Crippen LogP contribution in [0.25, 0.3) is 0 Å². The second kappa shape index (κ2) is 19.9. The number of ether oxygens (including phenoxy) is 7. The lowest BCUT2D eigenvalue weighted by molar-refractivity contribution is -0.378. The maximum Gasteiger partial charge on any atom is 0.222 e. The molecule has 7 rings (SSSR count). The minimum absolute atomic E-state index is 0.0798. The molecule has 1 heterocycles. The average Bonchev–Trinajstić information content (AvgIpc) is 3.25. The number of hydrogen-bond acceptors (Lipinski definition) is 8. The Morgan fingerprint density at radius 2 is 1.07 bits per heavy atom. The van der Waals surface area contributed by atoms with Crippen molar-refractivity contribution in [1.29, 1.82) is 0 Å². The summed E-state index contributed by atoms with van der Waals surface area (Å²) >= 11 is 6.75. The maximum absolute atomic E-state index is 13.2. The molecule has 0 aromatic heterocycles. The highest BCUT2D eigenvalue weighted by Crippen LogP contribution is 2.44. The zero-order chi connectivity index (χ0) is 39.3. The fourth-order valence-corrected chi connectivity index (χ4v) is 6.94. The first kappa shape index (κ1) is 40.2. The van der Waals surface area contributed by atoms with E-state index in [9.17, 15) is 5.11 Å². The molecule has 6 aromatic rings. The minimum Gasteiger partial charge on any atom is -0.494 e. The van der Waals surface area contributed by atoms with E-state index < -0.39 is 30.2 Å². The van der Waals surface area contributed by atoms with E-state index in [4.69, 9.17) is 44.8 Å². The van der Waals surface area contributed by atoms with Crippen LogP contribution in [0.5, 0.6) is 17.2 Å². The molecule has 1 fully saturated rings. The lowest BCUT2D eigenvalue weighted by Gasteiger charge is -2.50. The van der Waals surface area contributed by atoms with E-state index >= 15 is 0 Å². The third kappa shape index (κ3) is 10.7. The van der Waals surface area contributed by atoms with Crippen LogP contribution in [0, 0.1) is 0 Å². The molecule has 6 aromatic carbocycles. The summed E-state index contributed by atoms with van der Waals surface area (Å²) < 4.78 is 45.5. The van der Waals surface area contributed by atoms with Gasteiger partial charge in [0.15, 0.2) is 0 Å². The van der Waals surface area contributed by atoms with Gasteiger partial charge in [0.2, 0.25) is 5.79 Å². The third-order valence-corrected chi connectivity index (χ3v) is 9.96. The molecule has 0 spiro atoms. The van der Waals surface area contributed by atoms with Crippen molar-refractivity contribution in [3.63, 3.8) is 0 Å². The van der Waals surface area contributed by atoms with Gasteiger partial charge in [0.25, 0.3) is 0 Å². The monoisotopic (exact) mass is 786 g/mol. The number of aliphatic hydroxyl groups is 1. The summed E-state index contributed by atoms with van der Waals surface area (Å²) in [6, 6.07) is 51.8. The fraction of sp³-hybridized carbons (Fsp3) is 0.250. The Bertz CT molecular complexity index is 2090. The lowest BCUT2D eigenvalue weighted by atomic mass is 9.87. The maximum atomic E-state index is 13.2. The predicted octanol–water partition coefficient (Wildman–Crippen LogP) is 10.0. The average molecular weight is 787 g/mol. The van der Waals surface area contributed by atoms with Crippen LogP contribution in [0.3, 0.4) is 0 Å². The van der Waals surface area contributed by atoms with Crippen molar-refractivity contribution in [2.24, 2.45) is 0 Å². The molecule has 1 aliphatic heterocycles. The van der Waals surface area contributed by atoms with Crippen LogP contribution < -0.4 is 9.47 Å². The highest BCUT2D eigenvalue weighted by molar-refractivity contribution is 6.32. The summed E-state index contributed by atoms with van der Waals surface area (Å²) in [5, 5.41) is 13.5. The van der Waals surface area contributed by atoms with E-state index in [1.54, 1.807) is 30.3 Å². The molecule has 8 nitrogen and oxygen atoms in total. The van der Waals surface area contributed by atoms with Gasteiger partial charge >= 0.3 is 0 Å². The molecule has 0 radical (unpaired) electrons. The Kier molecular flexibility index (Phi) is 14.0. The van der Waals surface area contributed by atoms with Crippen molar-refractivity contribution in [2.75, 3.05) is 13.2 Å². The molecular weight excluding hydrogens is 740 g/mol. The number of halogens is 1.